The summed E-state index contributed by atoms with van der Waals surface area (Å²) in [4.78, 5) is 10.5. The minimum atomic E-state index is -1.04. The second-order valence-electron chi connectivity index (χ2n) is 4.35. The summed E-state index contributed by atoms with van der Waals surface area (Å²) in [5, 5.41) is 19.2. The Balaban J connectivity index is 1.66. The van der Waals surface area contributed by atoms with Crippen LogP contribution in [0.4, 0.5) is 0 Å². The van der Waals surface area contributed by atoms with Crippen molar-refractivity contribution < 1.29 is 9.90 Å². The van der Waals surface area contributed by atoms with Crippen LogP contribution >= 0.6 is 0 Å². The lowest BCUT2D eigenvalue weighted by atomic mass is 10.3. The van der Waals surface area contributed by atoms with Gasteiger partial charge in [0.15, 0.2) is 5.69 Å². The third-order valence-electron chi connectivity index (χ3n) is 2.96. The molecule has 1 saturated carbocycles. The third kappa shape index (κ3) is 2.79. The van der Waals surface area contributed by atoms with Gasteiger partial charge in [0.25, 0.3) is 0 Å². The fraction of sp³-hybridized carbons (Fsp3) is 0.700. The van der Waals surface area contributed by atoms with Crippen LogP contribution in [-0.4, -0.2) is 39.2 Å². The van der Waals surface area contributed by atoms with E-state index in [0.29, 0.717) is 6.54 Å². The van der Waals surface area contributed by atoms with Crippen LogP contribution < -0.4 is 5.32 Å². The largest absolute Gasteiger partial charge is 0.476 e. The van der Waals surface area contributed by atoms with Gasteiger partial charge in [0.2, 0.25) is 0 Å². The highest BCUT2D eigenvalue weighted by Gasteiger charge is 2.31. The molecule has 6 nitrogen and oxygen atoms in total. The van der Waals surface area contributed by atoms with E-state index in [-0.39, 0.29) is 5.69 Å². The fourth-order valence-corrected chi connectivity index (χ4v) is 1.67. The van der Waals surface area contributed by atoms with Gasteiger partial charge in [0, 0.05) is 6.54 Å². The fourth-order valence-electron chi connectivity index (χ4n) is 1.67. The molecule has 0 aliphatic heterocycles. The van der Waals surface area contributed by atoms with Gasteiger partial charge in [0.1, 0.15) is 0 Å². The first-order valence-corrected chi connectivity index (χ1v) is 5.51. The maximum Gasteiger partial charge on any atom is 0.358 e. The number of rotatable bonds is 6. The molecule has 1 aromatic rings. The monoisotopic (exact) mass is 224 g/mol. The first-order chi connectivity index (χ1) is 7.66. The molecular weight excluding hydrogens is 208 g/mol. The topological polar surface area (TPSA) is 80.0 Å². The molecule has 2 unspecified atom stereocenters. The molecule has 1 aromatic heterocycles. The number of carbonyl (C=O) groups is 1. The van der Waals surface area contributed by atoms with E-state index in [9.17, 15) is 4.79 Å². The van der Waals surface area contributed by atoms with Gasteiger partial charge in [-0.3, -0.25) is 4.68 Å². The standard InChI is InChI=1S/C10H16N4O2/c1-7-4-8(7)5-11-2-3-14-6-9(10(15)16)12-13-14/h6-8,11H,2-5H2,1H3,(H,15,16). The number of carboxylic acid groups (broad SMARTS) is 1. The van der Waals surface area contributed by atoms with Crippen molar-refractivity contribution >= 4 is 5.97 Å². The normalized spacial score (nSPS) is 23.3. The zero-order valence-corrected chi connectivity index (χ0v) is 9.26. The number of carboxylic acids is 1. The second-order valence-corrected chi connectivity index (χ2v) is 4.35. The molecule has 1 aliphatic carbocycles. The molecule has 1 heterocycles. The maximum absolute atomic E-state index is 10.5. The Labute approximate surface area is 93.6 Å². The third-order valence-corrected chi connectivity index (χ3v) is 2.96. The molecule has 16 heavy (non-hydrogen) atoms. The van der Waals surface area contributed by atoms with Crippen LogP contribution in [0, 0.1) is 11.8 Å². The molecule has 88 valence electrons. The van der Waals surface area contributed by atoms with Gasteiger partial charge in [0.05, 0.1) is 12.7 Å². The second kappa shape index (κ2) is 4.61. The zero-order valence-electron chi connectivity index (χ0n) is 9.26. The first kappa shape index (κ1) is 11.1. The molecule has 2 rings (SSSR count). The van der Waals surface area contributed by atoms with E-state index < -0.39 is 5.97 Å². The maximum atomic E-state index is 10.5. The highest BCUT2D eigenvalue weighted by Crippen LogP contribution is 2.36. The summed E-state index contributed by atoms with van der Waals surface area (Å²) in [6.45, 7) is 4.75. The average molecular weight is 224 g/mol. The van der Waals surface area contributed by atoms with Gasteiger partial charge < -0.3 is 10.4 Å². The van der Waals surface area contributed by atoms with Gasteiger partial charge in [-0.15, -0.1) is 5.10 Å². The molecule has 1 fully saturated rings. The minimum absolute atomic E-state index is 0.00387. The van der Waals surface area contributed by atoms with E-state index >= 15 is 0 Å². The Hall–Kier alpha value is -1.43. The summed E-state index contributed by atoms with van der Waals surface area (Å²) in [5.41, 5.74) is -0.00387. The molecule has 2 atom stereocenters. The molecule has 0 aromatic carbocycles. The predicted octanol–water partition coefficient (Wildman–Crippen LogP) is 0.222. The van der Waals surface area contributed by atoms with Gasteiger partial charge in [-0.2, -0.15) is 0 Å². The van der Waals surface area contributed by atoms with Crippen LogP contribution in [0.15, 0.2) is 6.20 Å². The number of hydrogen-bond acceptors (Lipinski definition) is 4. The van der Waals surface area contributed by atoms with Crippen molar-refractivity contribution in [3.63, 3.8) is 0 Å². The molecule has 0 amide bonds. The summed E-state index contributed by atoms with van der Waals surface area (Å²) >= 11 is 0. The van der Waals surface area contributed by atoms with Crippen molar-refractivity contribution in [3.05, 3.63) is 11.9 Å². The lowest BCUT2D eigenvalue weighted by molar-refractivity contribution is 0.0690. The van der Waals surface area contributed by atoms with Crippen LogP contribution in [0.3, 0.4) is 0 Å². The number of aromatic carboxylic acids is 1. The Kier molecular flexibility index (Phi) is 3.19. The Morgan fingerprint density at radius 2 is 2.50 bits per heavy atom. The molecule has 1 aliphatic rings. The van der Waals surface area contributed by atoms with Crippen molar-refractivity contribution in [3.8, 4) is 0 Å². The molecule has 6 heteroatoms. The van der Waals surface area contributed by atoms with Crippen LogP contribution in [0.5, 0.6) is 0 Å². The van der Waals surface area contributed by atoms with Crippen molar-refractivity contribution in [1.29, 1.82) is 0 Å². The van der Waals surface area contributed by atoms with Crippen LogP contribution in [0.2, 0.25) is 0 Å². The van der Waals surface area contributed by atoms with Crippen LogP contribution in [-0.2, 0) is 6.54 Å². The highest BCUT2D eigenvalue weighted by molar-refractivity contribution is 5.84. The summed E-state index contributed by atoms with van der Waals surface area (Å²) in [5.74, 6) is 0.647. The number of aromatic nitrogens is 3. The molecule has 2 N–H and O–H groups in total. The van der Waals surface area contributed by atoms with E-state index in [1.807, 2.05) is 0 Å². The van der Waals surface area contributed by atoms with Gasteiger partial charge in [-0.1, -0.05) is 12.1 Å². The lowest BCUT2D eigenvalue weighted by Crippen LogP contribution is -2.22. The molecule has 0 bridgehead atoms. The summed E-state index contributed by atoms with van der Waals surface area (Å²) in [6.07, 6.45) is 2.77. The molecule has 0 radical (unpaired) electrons. The van der Waals surface area contributed by atoms with Crippen molar-refractivity contribution in [1.82, 2.24) is 20.3 Å². The zero-order chi connectivity index (χ0) is 11.5. The van der Waals surface area contributed by atoms with E-state index in [0.717, 1.165) is 24.9 Å². The summed E-state index contributed by atoms with van der Waals surface area (Å²) < 4.78 is 1.55. The Bertz CT molecular complexity index is 377. The molecule has 0 saturated heterocycles. The smallest absolute Gasteiger partial charge is 0.358 e. The van der Waals surface area contributed by atoms with Gasteiger partial charge in [-0.25, -0.2) is 4.79 Å². The quantitative estimate of drug-likeness (QED) is 0.676. The summed E-state index contributed by atoms with van der Waals surface area (Å²) in [6, 6.07) is 0. The number of hydrogen-bond donors (Lipinski definition) is 2. The van der Waals surface area contributed by atoms with E-state index in [1.165, 1.54) is 12.6 Å². The number of nitrogens with one attached hydrogen (secondary N) is 1. The van der Waals surface area contributed by atoms with Gasteiger partial charge in [-0.05, 0) is 24.8 Å². The van der Waals surface area contributed by atoms with Gasteiger partial charge >= 0.3 is 5.97 Å². The SMILES string of the molecule is CC1CC1CNCCn1cc(C(=O)O)nn1. The Morgan fingerprint density at radius 1 is 1.75 bits per heavy atom. The predicted molar refractivity (Wildman–Crippen MR) is 57.1 cm³/mol. The van der Waals surface area contributed by atoms with E-state index in [2.05, 4.69) is 22.6 Å². The van der Waals surface area contributed by atoms with Crippen LogP contribution in [0.25, 0.3) is 0 Å². The van der Waals surface area contributed by atoms with E-state index in [1.54, 1.807) is 4.68 Å². The number of nitrogens with zero attached hydrogens (tertiary/aromatic N) is 3. The molecule has 0 spiro atoms. The van der Waals surface area contributed by atoms with Crippen molar-refractivity contribution in [2.45, 2.75) is 19.9 Å². The summed E-state index contributed by atoms with van der Waals surface area (Å²) in [7, 11) is 0. The minimum Gasteiger partial charge on any atom is -0.476 e. The van der Waals surface area contributed by atoms with Crippen molar-refractivity contribution in [2.24, 2.45) is 11.8 Å². The van der Waals surface area contributed by atoms with E-state index in [4.69, 9.17) is 5.11 Å². The molecular formula is C10H16N4O2. The van der Waals surface area contributed by atoms with Crippen molar-refractivity contribution in [2.75, 3.05) is 13.1 Å². The lowest BCUT2D eigenvalue weighted by Gasteiger charge is -2.02. The van der Waals surface area contributed by atoms with Crippen LogP contribution in [0.1, 0.15) is 23.8 Å². The Morgan fingerprint density at radius 3 is 3.06 bits per heavy atom. The highest BCUT2D eigenvalue weighted by atomic mass is 16.4. The first-order valence-electron chi connectivity index (χ1n) is 5.51. The average Bonchev–Trinajstić information content (AvgIpc) is 2.78.